The molecule has 8 nitrogen and oxygen atoms in total. The molecule has 2 saturated heterocycles. The van der Waals surface area contributed by atoms with E-state index in [2.05, 4.69) is 65.3 Å². The van der Waals surface area contributed by atoms with Gasteiger partial charge in [-0.05, 0) is 60.9 Å². The molecular weight excluding hydrogens is 462 g/mol. The van der Waals surface area contributed by atoms with E-state index in [-0.39, 0.29) is 6.03 Å². The molecule has 2 aromatic heterocycles. The number of urea groups is 1. The van der Waals surface area contributed by atoms with Gasteiger partial charge in [-0.2, -0.15) is 5.10 Å². The third-order valence-electron chi connectivity index (χ3n) is 8.30. The Bertz CT molecular complexity index is 1220. The molecule has 2 aliphatic heterocycles. The standard InChI is InChI=1S/C29H37N7O/c1-19(2)20-6-9-25(10-7-20)34(3)26-11-8-23(16-30-26)24-17-36(18-24)29(37)35-14-12-22(13-15-35)28-31-27(32-33-28)21-4-5-21/h6-11,16,19,21-22,24H,4-5,12-15,17-18H2,1-3H3,(H,31,32,33). The lowest BCUT2D eigenvalue weighted by molar-refractivity contribution is 0.104. The zero-order chi connectivity index (χ0) is 25.5. The van der Waals surface area contributed by atoms with Gasteiger partial charge in [0.15, 0.2) is 5.82 Å². The first kappa shape index (κ1) is 23.9. The second-order valence-corrected chi connectivity index (χ2v) is 11.3. The first-order chi connectivity index (χ1) is 18.0. The second kappa shape index (κ2) is 9.80. The molecule has 3 fully saturated rings. The second-order valence-electron chi connectivity index (χ2n) is 11.3. The summed E-state index contributed by atoms with van der Waals surface area (Å²) in [6.07, 6.45) is 6.29. The maximum Gasteiger partial charge on any atom is 0.320 e. The molecule has 1 N–H and O–H groups in total. The number of hydrogen-bond acceptors (Lipinski definition) is 5. The number of rotatable bonds is 6. The van der Waals surface area contributed by atoms with E-state index in [4.69, 9.17) is 9.97 Å². The number of carbonyl (C=O) groups is 1. The summed E-state index contributed by atoms with van der Waals surface area (Å²) in [4.78, 5) is 28.6. The van der Waals surface area contributed by atoms with Crippen LogP contribution in [-0.4, -0.2) is 69.2 Å². The molecule has 1 saturated carbocycles. The number of likely N-dealkylation sites (tertiary alicyclic amines) is 2. The number of pyridine rings is 1. The van der Waals surface area contributed by atoms with Crippen LogP contribution in [0, 0.1) is 0 Å². The maximum absolute atomic E-state index is 13.1. The Labute approximate surface area is 219 Å². The summed E-state index contributed by atoms with van der Waals surface area (Å²) in [6, 6.07) is 13.1. The van der Waals surface area contributed by atoms with Crippen LogP contribution in [0.3, 0.4) is 0 Å². The number of hydrogen-bond donors (Lipinski definition) is 1. The third-order valence-corrected chi connectivity index (χ3v) is 8.30. The van der Waals surface area contributed by atoms with Gasteiger partial charge in [-0.15, -0.1) is 0 Å². The molecule has 2 amide bonds. The fourth-order valence-electron chi connectivity index (χ4n) is 5.44. The van der Waals surface area contributed by atoms with Crippen LogP contribution in [0.1, 0.15) is 86.0 Å². The number of H-pyrrole nitrogens is 1. The lowest BCUT2D eigenvalue weighted by Crippen LogP contribution is -2.55. The van der Waals surface area contributed by atoms with Gasteiger partial charge < -0.3 is 14.7 Å². The van der Waals surface area contributed by atoms with Crippen molar-refractivity contribution in [1.82, 2.24) is 30.0 Å². The van der Waals surface area contributed by atoms with Crippen molar-refractivity contribution in [3.63, 3.8) is 0 Å². The van der Waals surface area contributed by atoms with Gasteiger partial charge in [0.1, 0.15) is 11.6 Å². The van der Waals surface area contributed by atoms with E-state index in [1.54, 1.807) is 0 Å². The highest BCUT2D eigenvalue weighted by Gasteiger charge is 2.36. The van der Waals surface area contributed by atoms with Crippen molar-refractivity contribution >= 4 is 17.5 Å². The fourth-order valence-corrected chi connectivity index (χ4v) is 5.44. The number of nitrogens with zero attached hydrogens (tertiary/aromatic N) is 6. The van der Waals surface area contributed by atoms with E-state index in [0.717, 1.165) is 62.2 Å². The first-order valence-electron chi connectivity index (χ1n) is 13.7. The zero-order valence-corrected chi connectivity index (χ0v) is 22.1. The van der Waals surface area contributed by atoms with Crippen LogP contribution in [-0.2, 0) is 0 Å². The van der Waals surface area contributed by atoms with Crippen LogP contribution in [0.15, 0.2) is 42.6 Å². The normalized spacial score (nSPS) is 18.8. The van der Waals surface area contributed by atoms with E-state index in [1.807, 2.05) is 23.0 Å². The van der Waals surface area contributed by atoms with E-state index in [0.29, 0.717) is 23.7 Å². The minimum Gasteiger partial charge on any atom is -0.329 e. The topological polar surface area (TPSA) is 81.2 Å². The lowest BCUT2D eigenvalue weighted by atomic mass is 9.92. The molecule has 3 aromatic rings. The highest BCUT2D eigenvalue weighted by atomic mass is 16.2. The molecule has 1 aliphatic carbocycles. The molecule has 8 heteroatoms. The van der Waals surface area contributed by atoms with Crippen molar-refractivity contribution in [1.29, 1.82) is 0 Å². The van der Waals surface area contributed by atoms with Crippen molar-refractivity contribution in [2.45, 2.75) is 63.2 Å². The van der Waals surface area contributed by atoms with Crippen LogP contribution in [0.2, 0.25) is 0 Å². The quantitative estimate of drug-likeness (QED) is 0.493. The van der Waals surface area contributed by atoms with Crippen molar-refractivity contribution in [3.05, 3.63) is 65.4 Å². The Balaban J connectivity index is 0.986. The average molecular weight is 500 g/mol. The van der Waals surface area contributed by atoms with Crippen LogP contribution in [0.4, 0.5) is 16.3 Å². The van der Waals surface area contributed by atoms with Gasteiger partial charge in [0.25, 0.3) is 0 Å². The van der Waals surface area contributed by atoms with Gasteiger partial charge >= 0.3 is 6.03 Å². The molecule has 37 heavy (non-hydrogen) atoms. The average Bonchev–Trinajstić information content (AvgIpc) is 3.64. The molecule has 6 rings (SSSR count). The zero-order valence-electron chi connectivity index (χ0n) is 22.1. The van der Waals surface area contributed by atoms with Gasteiger partial charge in [-0.25, -0.2) is 14.8 Å². The number of aromatic amines is 1. The molecule has 0 atom stereocenters. The molecule has 194 valence electrons. The van der Waals surface area contributed by atoms with Gasteiger partial charge in [0.2, 0.25) is 0 Å². The Morgan fingerprint density at radius 3 is 2.30 bits per heavy atom. The highest BCUT2D eigenvalue weighted by molar-refractivity contribution is 5.76. The maximum atomic E-state index is 13.1. The summed E-state index contributed by atoms with van der Waals surface area (Å²) < 4.78 is 0. The highest BCUT2D eigenvalue weighted by Crippen LogP contribution is 2.39. The summed E-state index contributed by atoms with van der Waals surface area (Å²) in [5.74, 6) is 4.74. The van der Waals surface area contributed by atoms with Crippen LogP contribution in [0.25, 0.3) is 0 Å². The summed E-state index contributed by atoms with van der Waals surface area (Å²) in [5, 5.41) is 7.55. The first-order valence-corrected chi connectivity index (χ1v) is 13.7. The molecule has 0 spiro atoms. The number of amides is 2. The van der Waals surface area contributed by atoms with Crippen molar-refractivity contribution in [2.75, 3.05) is 38.1 Å². The van der Waals surface area contributed by atoms with E-state index in [1.165, 1.54) is 24.0 Å². The summed E-state index contributed by atoms with van der Waals surface area (Å²) in [5.41, 5.74) is 3.67. The predicted molar refractivity (Wildman–Crippen MR) is 144 cm³/mol. The van der Waals surface area contributed by atoms with Crippen molar-refractivity contribution in [3.8, 4) is 0 Å². The van der Waals surface area contributed by atoms with Crippen molar-refractivity contribution < 1.29 is 4.79 Å². The summed E-state index contributed by atoms with van der Waals surface area (Å²) in [6.45, 7) is 7.51. The Morgan fingerprint density at radius 2 is 1.68 bits per heavy atom. The number of nitrogens with one attached hydrogen (secondary N) is 1. The monoisotopic (exact) mass is 499 g/mol. The Hall–Kier alpha value is -3.42. The van der Waals surface area contributed by atoms with E-state index < -0.39 is 0 Å². The van der Waals surface area contributed by atoms with Gasteiger partial charge in [0, 0.05) is 62.9 Å². The Morgan fingerprint density at radius 1 is 0.946 bits per heavy atom. The minimum absolute atomic E-state index is 0.167. The molecular formula is C29H37N7O. The van der Waals surface area contributed by atoms with Crippen molar-refractivity contribution in [2.24, 2.45) is 0 Å². The van der Waals surface area contributed by atoms with Crippen LogP contribution >= 0.6 is 0 Å². The Kier molecular flexibility index (Phi) is 6.34. The predicted octanol–water partition coefficient (Wildman–Crippen LogP) is 5.37. The van der Waals surface area contributed by atoms with Gasteiger partial charge in [-0.1, -0.05) is 32.0 Å². The van der Waals surface area contributed by atoms with Crippen LogP contribution < -0.4 is 4.90 Å². The number of aromatic nitrogens is 4. The van der Waals surface area contributed by atoms with E-state index >= 15 is 0 Å². The molecule has 0 bridgehead atoms. The van der Waals surface area contributed by atoms with Gasteiger partial charge in [0.05, 0.1) is 0 Å². The number of piperidine rings is 1. The third kappa shape index (κ3) is 4.93. The smallest absolute Gasteiger partial charge is 0.320 e. The SMILES string of the molecule is CC(C)c1ccc(N(C)c2ccc(C3CN(C(=O)N4CCC(c5nc(C6CC6)n[nH]5)CC4)C3)cn2)cc1. The summed E-state index contributed by atoms with van der Waals surface area (Å²) in [7, 11) is 2.05. The number of anilines is 2. The fraction of sp³-hybridized carbons (Fsp3) is 0.517. The number of carbonyl (C=O) groups excluding carboxylic acids is 1. The lowest BCUT2D eigenvalue weighted by Gasteiger charge is -2.43. The molecule has 0 unspecified atom stereocenters. The summed E-state index contributed by atoms with van der Waals surface area (Å²) >= 11 is 0. The minimum atomic E-state index is 0.167. The largest absolute Gasteiger partial charge is 0.329 e. The molecule has 1 aromatic carbocycles. The molecule has 0 radical (unpaired) electrons. The molecule has 3 aliphatic rings. The number of benzene rings is 1. The molecule has 4 heterocycles. The van der Waals surface area contributed by atoms with Crippen LogP contribution in [0.5, 0.6) is 0 Å². The van der Waals surface area contributed by atoms with E-state index in [9.17, 15) is 4.79 Å². The van der Waals surface area contributed by atoms with Gasteiger partial charge in [-0.3, -0.25) is 5.10 Å².